The zero-order valence-corrected chi connectivity index (χ0v) is 15.7. The van der Waals surface area contributed by atoms with Gasteiger partial charge in [-0.1, -0.05) is 19.4 Å². The van der Waals surface area contributed by atoms with E-state index in [2.05, 4.69) is 22.9 Å². The number of carbonyl (C=O) groups is 1. The van der Waals surface area contributed by atoms with Gasteiger partial charge in [-0.15, -0.1) is 0 Å². The van der Waals surface area contributed by atoms with Crippen molar-refractivity contribution in [1.29, 1.82) is 0 Å². The van der Waals surface area contributed by atoms with Crippen LogP contribution in [0.25, 0.3) is 0 Å². The van der Waals surface area contributed by atoms with Crippen molar-refractivity contribution in [3.8, 4) is 0 Å². The third-order valence-electron chi connectivity index (χ3n) is 4.32. The highest BCUT2D eigenvalue weighted by molar-refractivity contribution is 5.87. The molecule has 5 heteroatoms. The Morgan fingerprint density at radius 3 is 2.88 bits per heavy atom. The van der Waals surface area contributed by atoms with Crippen LogP contribution in [0.15, 0.2) is 18.3 Å². The summed E-state index contributed by atoms with van der Waals surface area (Å²) >= 11 is 0. The van der Waals surface area contributed by atoms with Crippen LogP contribution in [0, 0.1) is 0 Å². The Morgan fingerprint density at radius 1 is 1.46 bits per heavy atom. The second-order valence-electron chi connectivity index (χ2n) is 7.50. The van der Waals surface area contributed by atoms with E-state index in [0.717, 1.165) is 25.1 Å². The lowest BCUT2D eigenvalue weighted by Crippen LogP contribution is -2.36. The summed E-state index contributed by atoms with van der Waals surface area (Å²) in [5.74, 6) is 0.708. The Kier molecular flexibility index (Phi) is 6.21. The number of anilines is 1. The van der Waals surface area contributed by atoms with Crippen LogP contribution in [0.5, 0.6) is 0 Å². The fourth-order valence-corrected chi connectivity index (χ4v) is 3.17. The van der Waals surface area contributed by atoms with Gasteiger partial charge in [0.05, 0.1) is 0 Å². The fourth-order valence-electron chi connectivity index (χ4n) is 3.17. The molecule has 1 aromatic heterocycles. The standard InChI is InChI=1S/C19H31N3O2/c1-6-7-13-22-14-9-11-16(22)15-10-8-12-20-17(15)21(5)18(23)24-19(2,3)4/h8,10,12,16H,6-7,9,11,13-14H2,1-5H3. The summed E-state index contributed by atoms with van der Waals surface area (Å²) < 4.78 is 5.50. The summed E-state index contributed by atoms with van der Waals surface area (Å²) in [6.45, 7) is 10.1. The predicted octanol–water partition coefficient (Wildman–Crippen LogP) is 4.39. The molecule has 1 aliphatic rings. The van der Waals surface area contributed by atoms with Gasteiger partial charge in [0.25, 0.3) is 0 Å². The minimum atomic E-state index is -0.513. The molecule has 0 spiro atoms. The van der Waals surface area contributed by atoms with Gasteiger partial charge in [-0.3, -0.25) is 9.80 Å². The van der Waals surface area contributed by atoms with Crippen LogP contribution in [0.1, 0.15) is 65.0 Å². The maximum Gasteiger partial charge on any atom is 0.415 e. The third-order valence-corrected chi connectivity index (χ3v) is 4.32. The zero-order chi connectivity index (χ0) is 17.7. The molecule has 0 radical (unpaired) electrons. The molecule has 2 heterocycles. The third kappa shape index (κ3) is 4.69. The van der Waals surface area contributed by atoms with Crippen LogP contribution in [0.3, 0.4) is 0 Å². The van der Waals surface area contributed by atoms with Gasteiger partial charge in [-0.2, -0.15) is 0 Å². The van der Waals surface area contributed by atoms with E-state index in [9.17, 15) is 4.79 Å². The van der Waals surface area contributed by atoms with E-state index in [-0.39, 0.29) is 6.09 Å². The van der Waals surface area contributed by atoms with Crippen molar-refractivity contribution in [3.05, 3.63) is 23.9 Å². The number of unbranched alkanes of at least 4 members (excludes halogenated alkanes) is 1. The van der Waals surface area contributed by atoms with E-state index in [0.29, 0.717) is 11.9 Å². The molecule has 5 nitrogen and oxygen atoms in total. The smallest absolute Gasteiger partial charge is 0.415 e. The summed E-state index contributed by atoms with van der Waals surface area (Å²) in [4.78, 5) is 21.0. The van der Waals surface area contributed by atoms with Crippen molar-refractivity contribution < 1.29 is 9.53 Å². The van der Waals surface area contributed by atoms with Crippen molar-refractivity contribution in [2.75, 3.05) is 25.0 Å². The minimum absolute atomic E-state index is 0.338. The van der Waals surface area contributed by atoms with Gasteiger partial charge in [0.2, 0.25) is 0 Å². The summed E-state index contributed by atoms with van der Waals surface area (Å²) in [6.07, 6.45) is 6.09. The van der Waals surface area contributed by atoms with Crippen LogP contribution in [0.2, 0.25) is 0 Å². The number of hydrogen-bond acceptors (Lipinski definition) is 4. The molecule has 1 amide bonds. The molecule has 134 valence electrons. The molecule has 0 aromatic carbocycles. The van der Waals surface area contributed by atoms with Crippen molar-refractivity contribution in [2.45, 2.75) is 65.0 Å². The second kappa shape index (κ2) is 7.97. The first-order chi connectivity index (χ1) is 11.3. The summed E-state index contributed by atoms with van der Waals surface area (Å²) in [5, 5.41) is 0. The summed E-state index contributed by atoms with van der Waals surface area (Å²) in [5.41, 5.74) is 0.611. The largest absolute Gasteiger partial charge is 0.443 e. The number of ether oxygens (including phenoxy) is 1. The average Bonchev–Trinajstić information content (AvgIpc) is 2.98. The average molecular weight is 333 g/mol. The Hall–Kier alpha value is -1.62. The topological polar surface area (TPSA) is 45.7 Å². The van der Waals surface area contributed by atoms with E-state index in [1.54, 1.807) is 13.2 Å². The Bertz CT molecular complexity index is 554. The number of rotatable bonds is 5. The molecule has 1 aliphatic heterocycles. The maximum atomic E-state index is 12.4. The molecule has 0 bridgehead atoms. The second-order valence-corrected chi connectivity index (χ2v) is 7.50. The molecule has 1 saturated heterocycles. The molecular weight excluding hydrogens is 302 g/mol. The highest BCUT2D eigenvalue weighted by atomic mass is 16.6. The molecule has 1 fully saturated rings. The minimum Gasteiger partial charge on any atom is -0.443 e. The number of aromatic nitrogens is 1. The van der Waals surface area contributed by atoms with Crippen molar-refractivity contribution >= 4 is 11.9 Å². The zero-order valence-electron chi connectivity index (χ0n) is 15.7. The van der Waals surface area contributed by atoms with Gasteiger partial charge in [-0.25, -0.2) is 9.78 Å². The van der Waals surface area contributed by atoms with Crippen LogP contribution in [0.4, 0.5) is 10.6 Å². The van der Waals surface area contributed by atoms with E-state index in [4.69, 9.17) is 4.74 Å². The molecule has 0 N–H and O–H groups in total. The maximum absolute atomic E-state index is 12.4. The summed E-state index contributed by atoms with van der Waals surface area (Å²) in [6, 6.07) is 4.39. The number of carbonyl (C=O) groups excluding carboxylic acids is 1. The Labute approximate surface area is 146 Å². The van der Waals surface area contributed by atoms with Gasteiger partial charge < -0.3 is 4.74 Å². The van der Waals surface area contributed by atoms with Crippen LogP contribution in [-0.4, -0.2) is 41.7 Å². The number of amides is 1. The normalized spacial score (nSPS) is 18.6. The van der Waals surface area contributed by atoms with Crippen LogP contribution >= 0.6 is 0 Å². The first-order valence-corrected chi connectivity index (χ1v) is 8.99. The highest BCUT2D eigenvalue weighted by Gasteiger charge is 2.30. The Balaban J connectivity index is 2.22. The van der Waals surface area contributed by atoms with Crippen molar-refractivity contribution in [2.24, 2.45) is 0 Å². The van der Waals surface area contributed by atoms with Crippen LogP contribution < -0.4 is 4.90 Å². The molecule has 1 aromatic rings. The highest BCUT2D eigenvalue weighted by Crippen LogP contribution is 2.36. The molecular formula is C19H31N3O2. The van der Waals surface area contributed by atoms with Gasteiger partial charge >= 0.3 is 6.09 Å². The number of hydrogen-bond donors (Lipinski definition) is 0. The lowest BCUT2D eigenvalue weighted by Gasteiger charge is -2.29. The lowest BCUT2D eigenvalue weighted by molar-refractivity contribution is 0.0587. The van der Waals surface area contributed by atoms with Crippen LogP contribution in [-0.2, 0) is 4.74 Å². The predicted molar refractivity (Wildman–Crippen MR) is 97.3 cm³/mol. The molecule has 2 rings (SSSR count). The first-order valence-electron chi connectivity index (χ1n) is 8.99. The van der Waals surface area contributed by atoms with E-state index >= 15 is 0 Å². The molecule has 1 atom stereocenters. The molecule has 0 saturated carbocycles. The first kappa shape index (κ1) is 18.7. The number of nitrogens with zero attached hydrogens (tertiary/aromatic N) is 3. The van der Waals surface area contributed by atoms with Gasteiger partial charge in [0.15, 0.2) is 0 Å². The van der Waals surface area contributed by atoms with E-state index in [1.165, 1.54) is 24.2 Å². The molecule has 0 aliphatic carbocycles. The lowest BCUT2D eigenvalue weighted by atomic mass is 10.0. The fraction of sp³-hybridized carbons (Fsp3) is 0.684. The van der Waals surface area contributed by atoms with Crippen molar-refractivity contribution in [3.63, 3.8) is 0 Å². The quantitative estimate of drug-likeness (QED) is 0.801. The SMILES string of the molecule is CCCCN1CCCC1c1cccnc1N(C)C(=O)OC(C)(C)C. The molecule has 1 unspecified atom stereocenters. The molecule has 24 heavy (non-hydrogen) atoms. The number of likely N-dealkylation sites (tertiary alicyclic amines) is 1. The number of pyridine rings is 1. The monoisotopic (exact) mass is 333 g/mol. The van der Waals surface area contributed by atoms with E-state index in [1.807, 2.05) is 26.8 Å². The van der Waals surface area contributed by atoms with Gasteiger partial charge in [0.1, 0.15) is 11.4 Å². The van der Waals surface area contributed by atoms with E-state index < -0.39 is 5.60 Å². The van der Waals surface area contributed by atoms with Gasteiger partial charge in [-0.05, 0) is 59.2 Å². The Morgan fingerprint density at radius 2 is 2.21 bits per heavy atom. The summed E-state index contributed by atoms with van der Waals surface area (Å²) in [7, 11) is 1.74. The van der Waals surface area contributed by atoms with Gasteiger partial charge in [0, 0.05) is 24.8 Å². The van der Waals surface area contributed by atoms with Crippen molar-refractivity contribution in [1.82, 2.24) is 9.88 Å².